The van der Waals surface area contributed by atoms with E-state index in [0.29, 0.717) is 44.0 Å². The highest BCUT2D eigenvalue weighted by molar-refractivity contribution is 7.89. The van der Waals surface area contributed by atoms with Crippen LogP contribution in [0.2, 0.25) is 0 Å². The van der Waals surface area contributed by atoms with Crippen molar-refractivity contribution in [2.45, 2.75) is 45.1 Å². The lowest BCUT2D eigenvalue weighted by molar-refractivity contribution is -0.135. The molecule has 1 amide bonds. The molecule has 1 fully saturated rings. The number of piperidine rings is 1. The number of sulfonamides is 1. The lowest BCUT2D eigenvalue weighted by Gasteiger charge is -2.32. The van der Waals surface area contributed by atoms with Gasteiger partial charge in [-0.1, -0.05) is 24.3 Å². The van der Waals surface area contributed by atoms with E-state index in [1.807, 2.05) is 51.1 Å². The number of amides is 1. The number of para-hydroxylation sites is 1. The number of hydrogen-bond donors (Lipinski definition) is 0. The number of carbonyl (C=O) groups is 1. The first-order valence-electron chi connectivity index (χ1n) is 10.8. The van der Waals surface area contributed by atoms with Gasteiger partial charge in [0.1, 0.15) is 5.75 Å². The molecule has 31 heavy (non-hydrogen) atoms. The second-order valence-electron chi connectivity index (χ2n) is 8.16. The zero-order valence-electron chi connectivity index (χ0n) is 18.8. The standard InChI is InChI=1S/C24H32N2O4S/c1-5-30-23-9-7-6-8-21(23)17-25(4)24(27)20-12-14-26(15-13-20)31(28,29)22-11-10-18(2)19(3)16-22/h6-11,16,20H,5,12-15,17H2,1-4H3. The fourth-order valence-electron chi connectivity index (χ4n) is 3.94. The van der Waals surface area contributed by atoms with Gasteiger partial charge in [0.2, 0.25) is 15.9 Å². The number of hydrogen-bond acceptors (Lipinski definition) is 4. The molecule has 3 rings (SSSR count). The van der Waals surface area contributed by atoms with Gasteiger partial charge in [-0.25, -0.2) is 8.42 Å². The summed E-state index contributed by atoms with van der Waals surface area (Å²) in [4.78, 5) is 15.0. The number of rotatable bonds is 7. The van der Waals surface area contributed by atoms with Crippen LogP contribution in [0.15, 0.2) is 47.4 Å². The van der Waals surface area contributed by atoms with E-state index in [2.05, 4.69) is 0 Å². The molecule has 0 N–H and O–H groups in total. The molecule has 0 bridgehead atoms. The van der Waals surface area contributed by atoms with Crippen molar-refractivity contribution in [2.75, 3.05) is 26.7 Å². The molecule has 1 aliphatic rings. The summed E-state index contributed by atoms with van der Waals surface area (Å²) in [5.74, 6) is 0.670. The average molecular weight is 445 g/mol. The highest BCUT2D eigenvalue weighted by Gasteiger charge is 2.33. The first-order valence-corrected chi connectivity index (χ1v) is 12.2. The maximum absolute atomic E-state index is 13.0. The summed E-state index contributed by atoms with van der Waals surface area (Å²) in [5.41, 5.74) is 2.99. The van der Waals surface area contributed by atoms with Crippen LogP contribution in [0.4, 0.5) is 0 Å². The quantitative estimate of drug-likeness (QED) is 0.652. The lowest BCUT2D eigenvalue weighted by atomic mass is 9.96. The van der Waals surface area contributed by atoms with Crippen molar-refractivity contribution < 1.29 is 17.9 Å². The topological polar surface area (TPSA) is 66.9 Å². The van der Waals surface area contributed by atoms with E-state index in [-0.39, 0.29) is 11.8 Å². The molecule has 0 atom stereocenters. The van der Waals surface area contributed by atoms with Crippen molar-refractivity contribution in [3.05, 3.63) is 59.2 Å². The van der Waals surface area contributed by atoms with Gasteiger partial charge in [0.25, 0.3) is 0 Å². The molecule has 0 aromatic heterocycles. The lowest BCUT2D eigenvalue weighted by Crippen LogP contribution is -2.43. The van der Waals surface area contributed by atoms with Crippen LogP contribution in [-0.4, -0.2) is 50.3 Å². The summed E-state index contributed by atoms with van der Waals surface area (Å²) in [5, 5.41) is 0. The van der Waals surface area contributed by atoms with Crippen LogP contribution in [0.1, 0.15) is 36.5 Å². The predicted octanol–water partition coefficient (Wildman–Crippen LogP) is 3.76. The Labute approximate surface area is 185 Å². The molecular weight excluding hydrogens is 412 g/mol. The van der Waals surface area contributed by atoms with Crippen molar-refractivity contribution in [1.29, 1.82) is 0 Å². The zero-order valence-corrected chi connectivity index (χ0v) is 19.6. The molecule has 0 saturated carbocycles. The second-order valence-corrected chi connectivity index (χ2v) is 10.1. The van der Waals surface area contributed by atoms with Gasteiger partial charge >= 0.3 is 0 Å². The maximum Gasteiger partial charge on any atom is 0.243 e. The monoisotopic (exact) mass is 444 g/mol. The third-order valence-corrected chi connectivity index (χ3v) is 7.87. The highest BCUT2D eigenvalue weighted by Crippen LogP contribution is 2.27. The number of aryl methyl sites for hydroxylation is 2. The number of benzene rings is 2. The molecule has 1 saturated heterocycles. The Morgan fingerprint density at radius 2 is 1.77 bits per heavy atom. The van der Waals surface area contributed by atoms with Crippen molar-refractivity contribution >= 4 is 15.9 Å². The predicted molar refractivity (Wildman–Crippen MR) is 121 cm³/mol. The van der Waals surface area contributed by atoms with Crippen LogP contribution in [0.25, 0.3) is 0 Å². The van der Waals surface area contributed by atoms with E-state index < -0.39 is 10.0 Å². The van der Waals surface area contributed by atoms with E-state index in [0.717, 1.165) is 22.4 Å². The molecule has 6 nitrogen and oxygen atoms in total. The van der Waals surface area contributed by atoms with Crippen LogP contribution < -0.4 is 4.74 Å². The van der Waals surface area contributed by atoms with Crippen LogP contribution in [0, 0.1) is 19.8 Å². The molecule has 168 valence electrons. The number of nitrogens with zero attached hydrogens (tertiary/aromatic N) is 2. The smallest absolute Gasteiger partial charge is 0.243 e. The molecule has 2 aromatic rings. The fourth-order valence-corrected chi connectivity index (χ4v) is 5.50. The van der Waals surface area contributed by atoms with Gasteiger partial charge in [-0.3, -0.25) is 4.79 Å². The Hall–Kier alpha value is -2.38. The van der Waals surface area contributed by atoms with Gasteiger partial charge < -0.3 is 9.64 Å². The third-order valence-electron chi connectivity index (χ3n) is 5.98. The van der Waals surface area contributed by atoms with E-state index in [1.165, 1.54) is 4.31 Å². The largest absolute Gasteiger partial charge is 0.494 e. The summed E-state index contributed by atoms with van der Waals surface area (Å²) in [6.07, 6.45) is 1.06. The highest BCUT2D eigenvalue weighted by atomic mass is 32.2. The maximum atomic E-state index is 13.0. The third kappa shape index (κ3) is 5.28. The van der Waals surface area contributed by atoms with Gasteiger partial charge in [-0.05, 0) is 62.9 Å². The molecule has 1 aliphatic heterocycles. The normalized spacial score (nSPS) is 15.6. The van der Waals surface area contributed by atoms with E-state index in [9.17, 15) is 13.2 Å². The van der Waals surface area contributed by atoms with Crippen molar-refractivity contribution in [3.63, 3.8) is 0 Å². The first kappa shape index (κ1) is 23.3. The van der Waals surface area contributed by atoms with Crippen LogP contribution in [0.5, 0.6) is 5.75 Å². The molecule has 0 unspecified atom stereocenters. The van der Waals surface area contributed by atoms with Gasteiger partial charge in [0.05, 0.1) is 11.5 Å². The summed E-state index contributed by atoms with van der Waals surface area (Å²) in [6.45, 7) is 7.57. The molecule has 0 spiro atoms. The summed E-state index contributed by atoms with van der Waals surface area (Å²) >= 11 is 0. The zero-order chi connectivity index (χ0) is 22.6. The minimum Gasteiger partial charge on any atom is -0.494 e. The first-order chi connectivity index (χ1) is 14.7. The van der Waals surface area contributed by atoms with Crippen molar-refractivity contribution in [3.8, 4) is 5.75 Å². The van der Waals surface area contributed by atoms with Gasteiger partial charge in [0, 0.05) is 38.2 Å². The Bertz CT molecular complexity index is 1030. The van der Waals surface area contributed by atoms with Gasteiger partial charge in [-0.2, -0.15) is 4.31 Å². The van der Waals surface area contributed by atoms with E-state index in [1.54, 1.807) is 24.1 Å². The van der Waals surface area contributed by atoms with Gasteiger partial charge in [0.15, 0.2) is 0 Å². The van der Waals surface area contributed by atoms with Crippen LogP contribution >= 0.6 is 0 Å². The minimum absolute atomic E-state index is 0.0505. The Morgan fingerprint density at radius 1 is 1.10 bits per heavy atom. The second kappa shape index (κ2) is 9.83. The molecule has 2 aromatic carbocycles. The van der Waals surface area contributed by atoms with Crippen molar-refractivity contribution in [1.82, 2.24) is 9.21 Å². The molecule has 0 radical (unpaired) electrons. The van der Waals surface area contributed by atoms with Gasteiger partial charge in [-0.15, -0.1) is 0 Å². The molecule has 1 heterocycles. The Morgan fingerprint density at radius 3 is 2.42 bits per heavy atom. The SMILES string of the molecule is CCOc1ccccc1CN(C)C(=O)C1CCN(S(=O)(=O)c2ccc(C)c(C)c2)CC1. The summed E-state index contributed by atoms with van der Waals surface area (Å²) < 4.78 is 33.2. The van der Waals surface area contributed by atoms with E-state index in [4.69, 9.17) is 4.74 Å². The molecule has 0 aliphatic carbocycles. The molecule has 7 heteroatoms. The number of ether oxygens (including phenoxy) is 1. The Balaban J connectivity index is 1.62. The molecular formula is C24H32N2O4S. The summed E-state index contributed by atoms with van der Waals surface area (Å²) in [7, 11) is -1.74. The fraction of sp³-hybridized carbons (Fsp3) is 0.458. The van der Waals surface area contributed by atoms with E-state index >= 15 is 0 Å². The van der Waals surface area contributed by atoms with Crippen LogP contribution in [0.3, 0.4) is 0 Å². The minimum atomic E-state index is -3.54. The summed E-state index contributed by atoms with van der Waals surface area (Å²) in [6, 6.07) is 13.0. The van der Waals surface area contributed by atoms with Crippen molar-refractivity contribution in [2.24, 2.45) is 5.92 Å². The average Bonchev–Trinajstić information content (AvgIpc) is 2.76. The number of carbonyl (C=O) groups excluding carboxylic acids is 1. The Kier molecular flexibility index (Phi) is 7.38. The van der Waals surface area contributed by atoms with Crippen LogP contribution in [-0.2, 0) is 21.4 Å².